The van der Waals surface area contributed by atoms with E-state index in [1.807, 2.05) is 27.7 Å². The summed E-state index contributed by atoms with van der Waals surface area (Å²) in [6, 6.07) is 2.07. The Balaban J connectivity index is 1.97. The van der Waals surface area contributed by atoms with E-state index in [1.165, 1.54) is 14.2 Å². The Labute approximate surface area is 288 Å². The standard InChI is InChI=1S/C32H30Br4N4O4/c1-13-11-20-24(34)29-15(3)17(7-9-21(41)43-5)31(39-29)26(36)32-18(8-10-22(42)44-6)16(4)30(40-32)25(35)28-14(2)12-19(38-28)23(33)27(13)37-20/h11-12,37,40H,7-10H2,1-6H3. The van der Waals surface area contributed by atoms with Gasteiger partial charge in [-0.3, -0.25) is 9.59 Å². The van der Waals surface area contributed by atoms with Crippen LogP contribution in [0.2, 0.25) is 0 Å². The quantitative estimate of drug-likeness (QED) is 0.239. The highest BCUT2D eigenvalue weighted by Gasteiger charge is 2.26. The first-order chi connectivity index (χ1) is 20.9. The van der Waals surface area contributed by atoms with Crippen LogP contribution < -0.4 is 0 Å². The van der Waals surface area contributed by atoms with Gasteiger partial charge in [0.05, 0.1) is 77.0 Å². The molecule has 0 atom stereocenters. The first-order valence-electron chi connectivity index (χ1n) is 13.9. The van der Waals surface area contributed by atoms with Gasteiger partial charge in [0.25, 0.3) is 0 Å². The molecular weight excluding hydrogens is 824 g/mol. The van der Waals surface area contributed by atoms with Crippen molar-refractivity contribution in [1.29, 1.82) is 0 Å². The van der Waals surface area contributed by atoms with Crippen LogP contribution in [0.3, 0.4) is 0 Å². The van der Waals surface area contributed by atoms with Gasteiger partial charge in [-0.15, -0.1) is 0 Å². The topological polar surface area (TPSA) is 110 Å². The van der Waals surface area contributed by atoms with E-state index in [2.05, 4.69) is 85.8 Å². The summed E-state index contributed by atoms with van der Waals surface area (Å²) >= 11 is 15.4. The van der Waals surface area contributed by atoms with Crippen molar-refractivity contribution in [3.05, 3.63) is 63.4 Å². The normalized spacial score (nSPS) is 12.9. The lowest BCUT2D eigenvalue weighted by atomic mass is 10.0. The van der Waals surface area contributed by atoms with Crippen LogP contribution >= 0.6 is 63.7 Å². The number of nitrogens with zero attached hydrogens (tertiary/aromatic N) is 2. The monoisotopic (exact) mass is 850 g/mol. The lowest BCUT2D eigenvalue weighted by Crippen LogP contribution is -2.02. The SMILES string of the molecule is COC(=O)CCC1=C(C)c2nc1c(Br)c1[nH]c(c(C)c1CCC(=O)OC)c(Br)c1nc(c(Br)c3[nH]c(cc3C)c2Br)C=C1C. The molecule has 5 heterocycles. The molecule has 3 aromatic rings. The molecule has 5 rings (SSSR count). The Morgan fingerprint density at radius 1 is 0.750 bits per heavy atom. The first-order valence-corrected chi connectivity index (χ1v) is 17.0. The number of fused-ring (bicyclic) bond motifs is 8. The molecule has 0 radical (unpaired) electrons. The fraction of sp³-hybridized carbons (Fsp3) is 0.312. The molecule has 8 bridgehead atoms. The molecule has 0 unspecified atom stereocenters. The zero-order chi connectivity index (χ0) is 32.0. The summed E-state index contributed by atoms with van der Waals surface area (Å²) in [4.78, 5) is 41.8. The maximum atomic E-state index is 12.2. The Hall–Kier alpha value is -2.54. The number of halogens is 4. The van der Waals surface area contributed by atoms with Crippen molar-refractivity contribution in [1.82, 2.24) is 19.9 Å². The molecule has 0 fully saturated rings. The number of aryl methyl sites for hydroxylation is 3. The summed E-state index contributed by atoms with van der Waals surface area (Å²) in [6.07, 6.45) is 3.35. The predicted molar refractivity (Wildman–Crippen MR) is 189 cm³/mol. The van der Waals surface area contributed by atoms with E-state index in [-0.39, 0.29) is 24.8 Å². The summed E-state index contributed by atoms with van der Waals surface area (Å²) in [5, 5.41) is 0. The number of methoxy groups -OCH3 is 2. The van der Waals surface area contributed by atoms with E-state index in [9.17, 15) is 9.59 Å². The van der Waals surface area contributed by atoms with Crippen LogP contribution in [0.25, 0.3) is 44.9 Å². The average Bonchev–Trinajstić information content (AvgIpc) is 3.76. The molecule has 0 aromatic carbocycles. The number of aromatic nitrogens is 4. The minimum absolute atomic E-state index is 0.203. The number of aromatic amines is 2. The Kier molecular flexibility index (Phi) is 9.75. The summed E-state index contributed by atoms with van der Waals surface area (Å²) < 4.78 is 13.1. The second-order valence-corrected chi connectivity index (χ2v) is 13.9. The van der Waals surface area contributed by atoms with Gasteiger partial charge in [-0.1, -0.05) is 0 Å². The molecule has 0 aliphatic carbocycles. The number of rotatable bonds is 6. The number of ether oxygens (including phenoxy) is 2. The zero-order valence-electron chi connectivity index (χ0n) is 25.0. The first kappa shape index (κ1) is 32.8. The van der Waals surface area contributed by atoms with Crippen LogP contribution in [0.4, 0.5) is 0 Å². The fourth-order valence-corrected chi connectivity index (χ4v) is 8.22. The van der Waals surface area contributed by atoms with Crippen molar-refractivity contribution in [3.63, 3.8) is 0 Å². The summed E-state index contributed by atoms with van der Waals surface area (Å²) in [7, 11) is 2.78. The molecule has 0 saturated carbocycles. The number of allylic oxidation sites excluding steroid dienone is 3. The van der Waals surface area contributed by atoms with E-state index >= 15 is 0 Å². The van der Waals surface area contributed by atoms with Gasteiger partial charge >= 0.3 is 11.9 Å². The molecule has 3 aromatic heterocycles. The third kappa shape index (κ3) is 5.90. The van der Waals surface area contributed by atoms with Crippen molar-refractivity contribution >= 4 is 121 Å². The van der Waals surface area contributed by atoms with Gasteiger partial charge in [-0.05, 0) is 150 Å². The molecule has 0 amide bonds. The average molecular weight is 854 g/mol. The van der Waals surface area contributed by atoms with Crippen LogP contribution in [0.5, 0.6) is 0 Å². The summed E-state index contributed by atoms with van der Waals surface area (Å²) in [5.74, 6) is -0.593. The third-order valence-corrected chi connectivity index (χ3v) is 11.2. The van der Waals surface area contributed by atoms with E-state index in [1.54, 1.807) is 0 Å². The number of carbonyl (C=O) groups excluding carboxylic acids is 2. The van der Waals surface area contributed by atoms with Gasteiger partial charge in [0.15, 0.2) is 0 Å². The van der Waals surface area contributed by atoms with Crippen LogP contribution in [-0.4, -0.2) is 46.1 Å². The van der Waals surface area contributed by atoms with Crippen LogP contribution in [0.1, 0.15) is 72.6 Å². The van der Waals surface area contributed by atoms with Gasteiger partial charge in [0.2, 0.25) is 0 Å². The smallest absolute Gasteiger partial charge is 0.305 e. The lowest BCUT2D eigenvalue weighted by molar-refractivity contribution is -0.141. The summed E-state index contributed by atoms with van der Waals surface area (Å²) in [5.41, 5.74) is 12.3. The zero-order valence-corrected chi connectivity index (χ0v) is 31.4. The molecule has 2 N–H and O–H groups in total. The van der Waals surface area contributed by atoms with Crippen molar-refractivity contribution in [3.8, 4) is 0 Å². The number of hydrogen-bond donors (Lipinski definition) is 2. The Bertz CT molecular complexity index is 1970. The maximum absolute atomic E-state index is 12.2. The fourth-order valence-electron chi connectivity index (χ4n) is 5.54. The van der Waals surface area contributed by atoms with Crippen LogP contribution in [-0.2, 0) is 25.5 Å². The molecular formula is C32H30Br4N4O4. The lowest BCUT2D eigenvalue weighted by Gasteiger charge is -2.07. The van der Waals surface area contributed by atoms with Crippen molar-refractivity contribution in [2.24, 2.45) is 0 Å². The Morgan fingerprint density at radius 2 is 1.39 bits per heavy atom. The molecule has 2 aliphatic rings. The molecule has 44 heavy (non-hydrogen) atoms. The largest absolute Gasteiger partial charge is 0.469 e. The van der Waals surface area contributed by atoms with E-state index in [4.69, 9.17) is 19.4 Å². The van der Waals surface area contributed by atoms with Crippen molar-refractivity contribution < 1.29 is 19.1 Å². The molecule has 230 valence electrons. The van der Waals surface area contributed by atoms with Crippen LogP contribution in [0.15, 0.2) is 24.0 Å². The summed E-state index contributed by atoms with van der Waals surface area (Å²) in [6.45, 7) is 8.12. The van der Waals surface area contributed by atoms with E-state index < -0.39 is 0 Å². The molecule has 2 aliphatic heterocycles. The molecule has 0 saturated heterocycles. The number of nitrogens with one attached hydrogen (secondary N) is 2. The van der Waals surface area contributed by atoms with Crippen molar-refractivity contribution in [2.45, 2.75) is 53.4 Å². The second kappa shape index (κ2) is 13.1. The van der Waals surface area contributed by atoms with E-state index in [0.717, 1.165) is 90.4 Å². The number of hydrogen-bond acceptors (Lipinski definition) is 6. The highest BCUT2D eigenvalue weighted by atomic mass is 79.9. The highest BCUT2D eigenvalue weighted by Crippen LogP contribution is 2.43. The molecule has 12 heteroatoms. The van der Waals surface area contributed by atoms with Gasteiger partial charge in [-0.25, -0.2) is 9.97 Å². The van der Waals surface area contributed by atoms with Gasteiger partial charge in [0.1, 0.15) is 0 Å². The van der Waals surface area contributed by atoms with Crippen molar-refractivity contribution in [2.75, 3.05) is 14.2 Å². The maximum Gasteiger partial charge on any atom is 0.305 e. The van der Waals surface area contributed by atoms with Gasteiger partial charge in [0, 0.05) is 12.8 Å². The van der Waals surface area contributed by atoms with Crippen LogP contribution in [0, 0.1) is 13.8 Å². The number of esters is 2. The predicted octanol–water partition coefficient (Wildman–Crippen LogP) is 9.53. The molecule has 0 spiro atoms. The number of H-pyrrole nitrogens is 2. The minimum Gasteiger partial charge on any atom is -0.469 e. The highest BCUT2D eigenvalue weighted by molar-refractivity contribution is 9.11. The number of carbonyl (C=O) groups is 2. The third-order valence-electron chi connectivity index (χ3n) is 8.03. The minimum atomic E-state index is -0.298. The molecule has 8 nitrogen and oxygen atoms in total. The second-order valence-electron chi connectivity index (χ2n) is 10.7. The van der Waals surface area contributed by atoms with Gasteiger partial charge in [-0.2, -0.15) is 0 Å². The van der Waals surface area contributed by atoms with E-state index in [0.29, 0.717) is 18.5 Å². The van der Waals surface area contributed by atoms with Gasteiger partial charge < -0.3 is 19.4 Å². The Morgan fingerprint density at radius 3 is 2.05 bits per heavy atom.